The topological polar surface area (TPSA) is 95.9 Å². The first-order valence-corrected chi connectivity index (χ1v) is 23.7. The lowest BCUT2D eigenvalue weighted by Gasteiger charge is -2.24. The molecule has 0 aliphatic rings. The maximum atomic E-state index is 13.1. The van der Waals surface area contributed by atoms with Gasteiger partial charge in [0.15, 0.2) is 0 Å². The van der Waals surface area contributed by atoms with Crippen LogP contribution in [0.25, 0.3) is 0 Å². The van der Waals surface area contributed by atoms with Gasteiger partial charge in [0.25, 0.3) is 0 Å². The van der Waals surface area contributed by atoms with E-state index in [0.29, 0.717) is 19.3 Å². The fourth-order valence-corrected chi connectivity index (χ4v) is 6.80. The number of hydrogen-bond acceptors (Lipinski definition) is 5. The molecule has 0 rings (SSSR count). The van der Waals surface area contributed by atoms with Crippen molar-refractivity contribution in [2.45, 2.75) is 232 Å². The van der Waals surface area contributed by atoms with E-state index in [-0.39, 0.29) is 24.9 Å². The Kier molecular flexibility index (Phi) is 42.3. The van der Waals surface area contributed by atoms with Gasteiger partial charge in [-0.1, -0.05) is 196 Å². The number of aliphatic hydroxyl groups excluding tert-OH is 2. The zero-order valence-electron chi connectivity index (χ0n) is 37.2. The van der Waals surface area contributed by atoms with Crippen molar-refractivity contribution in [2.75, 3.05) is 6.61 Å². The second-order valence-electron chi connectivity index (χ2n) is 15.8. The summed E-state index contributed by atoms with van der Waals surface area (Å²) >= 11 is 0. The standard InChI is InChI=1S/C51H89NO5/c1-4-7-10-13-16-19-22-24-26-29-32-35-38-41-44-51(56)57-47(42-39-36-33-30-28-25-23-20-17-14-11-8-5-2)45-50(55)52-48(46-53)49(54)43-40-37-34-31-27-21-18-15-12-9-6-3/h7-8,10-11,14,16-17,19-20,23-24,26,47-49,53-54H,4-6,9,12-13,15,18,21-22,25,27-46H2,1-3H3,(H,52,55)/b10-7+,11-8+,17-14+,19-16+,23-20+,26-24+. The molecule has 0 radical (unpaired) electrons. The number of esters is 1. The zero-order chi connectivity index (χ0) is 41.7. The van der Waals surface area contributed by atoms with Crippen LogP contribution in [0, 0.1) is 0 Å². The summed E-state index contributed by atoms with van der Waals surface area (Å²) in [5.74, 6) is -0.526. The highest BCUT2D eigenvalue weighted by atomic mass is 16.5. The molecule has 1 amide bonds. The lowest BCUT2D eigenvalue weighted by atomic mass is 10.0. The number of nitrogens with one attached hydrogen (secondary N) is 1. The van der Waals surface area contributed by atoms with Gasteiger partial charge in [-0.25, -0.2) is 0 Å². The number of ether oxygens (including phenoxy) is 1. The zero-order valence-corrected chi connectivity index (χ0v) is 37.2. The highest BCUT2D eigenvalue weighted by Crippen LogP contribution is 2.17. The number of allylic oxidation sites excluding steroid dienone is 12. The van der Waals surface area contributed by atoms with Gasteiger partial charge in [-0.2, -0.15) is 0 Å². The third kappa shape index (κ3) is 39.9. The number of carbonyl (C=O) groups is 2. The van der Waals surface area contributed by atoms with Crippen molar-refractivity contribution in [2.24, 2.45) is 0 Å². The Morgan fingerprint density at radius 3 is 1.63 bits per heavy atom. The van der Waals surface area contributed by atoms with E-state index < -0.39 is 18.2 Å². The molecule has 0 aromatic rings. The summed E-state index contributed by atoms with van der Waals surface area (Å²) in [6, 6.07) is -0.714. The Morgan fingerprint density at radius 1 is 0.544 bits per heavy atom. The van der Waals surface area contributed by atoms with Crippen molar-refractivity contribution in [1.29, 1.82) is 0 Å². The Hall–Kier alpha value is -2.70. The molecule has 6 nitrogen and oxygen atoms in total. The Balaban J connectivity index is 4.68. The molecule has 57 heavy (non-hydrogen) atoms. The predicted molar refractivity (Wildman–Crippen MR) is 245 cm³/mol. The lowest BCUT2D eigenvalue weighted by Crippen LogP contribution is -2.46. The second-order valence-corrected chi connectivity index (χ2v) is 15.8. The second kappa shape index (κ2) is 44.4. The van der Waals surface area contributed by atoms with E-state index in [1.165, 1.54) is 51.4 Å². The van der Waals surface area contributed by atoms with Gasteiger partial charge >= 0.3 is 5.97 Å². The summed E-state index contributed by atoms with van der Waals surface area (Å²) in [4.78, 5) is 26.0. The Morgan fingerprint density at radius 2 is 1.04 bits per heavy atom. The monoisotopic (exact) mass is 796 g/mol. The molecule has 0 saturated carbocycles. The normalized spacial score (nSPS) is 14.0. The summed E-state index contributed by atoms with van der Waals surface area (Å²) in [6.07, 6.45) is 55.3. The third-order valence-corrected chi connectivity index (χ3v) is 10.3. The number of amides is 1. The molecule has 3 N–H and O–H groups in total. The fourth-order valence-electron chi connectivity index (χ4n) is 6.80. The molecule has 3 atom stereocenters. The fraction of sp³-hybridized carbons (Fsp3) is 0.725. The molecule has 0 spiro atoms. The number of rotatable bonds is 41. The van der Waals surface area contributed by atoms with Crippen LogP contribution in [0.15, 0.2) is 72.9 Å². The quantitative estimate of drug-likeness (QED) is 0.0248. The van der Waals surface area contributed by atoms with E-state index in [2.05, 4.69) is 99.0 Å². The van der Waals surface area contributed by atoms with Gasteiger partial charge in [0.1, 0.15) is 6.10 Å². The lowest BCUT2D eigenvalue weighted by molar-refractivity contribution is -0.151. The molecule has 0 aliphatic heterocycles. The molecule has 0 bridgehead atoms. The molecule has 0 aromatic heterocycles. The highest BCUT2D eigenvalue weighted by Gasteiger charge is 2.24. The van der Waals surface area contributed by atoms with E-state index in [1.807, 2.05) is 0 Å². The van der Waals surface area contributed by atoms with Crippen molar-refractivity contribution >= 4 is 11.9 Å². The maximum Gasteiger partial charge on any atom is 0.306 e. The van der Waals surface area contributed by atoms with Crippen LogP contribution in [-0.4, -0.2) is 46.9 Å². The summed E-state index contributed by atoms with van der Waals surface area (Å²) in [6.45, 7) is 6.21. The van der Waals surface area contributed by atoms with Crippen molar-refractivity contribution in [3.63, 3.8) is 0 Å². The first kappa shape index (κ1) is 54.3. The molecule has 0 saturated heterocycles. The molecule has 328 valence electrons. The molecule has 0 heterocycles. The molecule has 0 aliphatic carbocycles. The van der Waals surface area contributed by atoms with E-state index >= 15 is 0 Å². The molecular formula is C51H89NO5. The van der Waals surface area contributed by atoms with Gasteiger partial charge in [0, 0.05) is 6.42 Å². The predicted octanol–water partition coefficient (Wildman–Crippen LogP) is 13.8. The highest BCUT2D eigenvalue weighted by molar-refractivity contribution is 5.77. The number of aliphatic hydroxyl groups is 2. The van der Waals surface area contributed by atoms with Crippen LogP contribution in [0.1, 0.15) is 213 Å². The van der Waals surface area contributed by atoms with Crippen LogP contribution in [0.5, 0.6) is 0 Å². The molecule has 0 aromatic carbocycles. The summed E-state index contributed by atoms with van der Waals surface area (Å²) in [7, 11) is 0. The van der Waals surface area contributed by atoms with Gasteiger partial charge in [0.2, 0.25) is 5.91 Å². The average molecular weight is 796 g/mol. The summed E-state index contributed by atoms with van der Waals surface area (Å²) in [5.41, 5.74) is 0. The number of unbranched alkanes of at least 4 members (excludes halogenated alkanes) is 19. The van der Waals surface area contributed by atoms with E-state index in [1.54, 1.807) is 0 Å². The van der Waals surface area contributed by atoms with Gasteiger partial charge in [-0.05, 0) is 77.0 Å². The van der Waals surface area contributed by atoms with E-state index in [9.17, 15) is 19.8 Å². The largest absolute Gasteiger partial charge is 0.462 e. The van der Waals surface area contributed by atoms with Gasteiger partial charge < -0.3 is 20.3 Å². The molecule has 0 fully saturated rings. The van der Waals surface area contributed by atoms with Gasteiger partial charge in [0.05, 0.1) is 25.2 Å². The molecule has 3 unspecified atom stereocenters. The van der Waals surface area contributed by atoms with Crippen LogP contribution in [-0.2, 0) is 14.3 Å². The van der Waals surface area contributed by atoms with Crippen LogP contribution in [0.4, 0.5) is 0 Å². The average Bonchev–Trinajstić information content (AvgIpc) is 3.20. The van der Waals surface area contributed by atoms with Crippen LogP contribution in [0.2, 0.25) is 0 Å². The first-order valence-electron chi connectivity index (χ1n) is 23.7. The minimum atomic E-state index is -0.799. The minimum Gasteiger partial charge on any atom is -0.462 e. The first-order chi connectivity index (χ1) is 28.0. The van der Waals surface area contributed by atoms with E-state index in [0.717, 1.165) is 116 Å². The van der Waals surface area contributed by atoms with Crippen molar-refractivity contribution in [3.8, 4) is 0 Å². The smallest absolute Gasteiger partial charge is 0.306 e. The minimum absolute atomic E-state index is 0.0517. The van der Waals surface area contributed by atoms with Crippen LogP contribution < -0.4 is 5.32 Å². The van der Waals surface area contributed by atoms with Gasteiger partial charge in [-0.3, -0.25) is 9.59 Å². The summed E-state index contributed by atoms with van der Waals surface area (Å²) in [5, 5.41) is 23.7. The van der Waals surface area contributed by atoms with E-state index in [4.69, 9.17) is 4.74 Å². The molecule has 6 heteroatoms. The maximum absolute atomic E-state index is 13.1. The SMILES string of the molecule is CC/C=C/C=C/C=C/CCCCCCCC(CC(=O)NC(CO)C(O)CCCCCCCCCCCCC)OC(=O)CCCCCC/C=C/C/C=C/C/C=C/CC. The number of hydrogen-bond donors (Lipinski definition) is 3. The van der Waals surface area contributed by atoms with Crippen molar-refractivity contribution < 1.29 is 24.5 Å². The third-order valence-electron chi connectivity index (χ3n) is 10.3. The number of carbonyl (C=O) groups excluding carboxylic acids is 2. The Bertz CT molecular complexity index is 1070. The Labute approximate surface area is 351 Å². The van der Waals surface area contributed by atoms with Crippen LogP contribution in [0.3, 0.4) is 0 Å². The molecular weight excluding hydrogens is 707 g/mol. The summed E-state index contributed by atoms with van der Waals surface area (Å²) < 4.78 is 5.89. The van der Waals surface area contributed by atoms with Gasteiger partial charge in [-0.15, -0.1) is 0 Å². The van der Waals surface area contributed by atoms with Crippen LogP contribution >= 0.6 is 0 Å². The van der Waals surface area contributed by atoms with Crippen molar-refractivity contribution in [1.82, 2.24) is 5.32 Å². The van der Waals surface area contributed by atoms with Crippen molar-refractivity contribution in [3.05, 3.63) is 72.9 Å².